The largest absolute Gasteiger partial charge is 0.490 e. The lowest BCUT2D eigenvalue weighted by Gasteiger charge is -2.29. The molecule has 1 aliphatic carbocycles. The third-order valence-electron chi connectivity index (χ3n) is 5.65. The maximum Gasteiger partial charge on any atom is 0.230 e. The summed E-state index contributed by atoms with van der Waals surface area (Å²) in [5, 5.41) is 12.5. The quantitative estimate of drug-likeness (QED) is 0.394. The highest BCUT2D eigenvalue weighted by atomic mass is 32.2. The Bertz CT molecular complexity index is 915. The Morgan fingerprint density at radius 1 is 1.28 bits per heavy atom. The predicted molar refractivity (Wildman–Crippen MR) is 127 cm³/mol. The van der Waals surface area contributed by atoms with Gasteiger partial charge in [0.15, 0.2) is 22.5 Å². The number of hydrogen-bond donors (Lipinski definition) is 1. The summed E-state index contributed by atoms with van der Waals surface area (Å²) in [4.78, 5) is 12.5. The van der Waals surface area contributed by atoms with Crippen molar-refractivity contribution in [1.82, 2.24) is 20.1 Å². The maximum atomic E-state index is 12.5. The summed E-state index contributed by atoms with van der Waals surface area (Å²) in [6.45, 7) is 11.4. The SMILES string of the molecule is C=CCn1c(COc2ccc(C)cc2OCC)nnc1SCC(=O)N[C@H]1CCCC[C@H]1C. The Labute approximate surface area is 195 Å². The summed E-state index contributed by atoms with van der Waals surface area (Å²) >= 11 is 1.39. The van der Waals surface area contributed by atoms with Crippen LogP contribution < -0.4 is 14.8 Å². The van der Waals surface area contributed by atoms with E-state index in [-0.39, 0.29) is 18.6 Å². The fourth-order valence-corrected chi connectivity index (χ4v) is 4.68. The summed E-state index contributed by atoms with van der Waals surface area (Å²) in [7, 11) is 0. The molecular weight excluding hydrogens is 424 g/mol. The highest BCUT2D eigenvalue weighted by Gasteiger charge is 2.23. The van der Waals surface area contributed by atoms with Gasteiger partial charge in [0.05, 0.1) is 12.4 Å². The molecule has 174 valence electrons. The molecule has 1 heterocycles. The Morgan fingerprint density at radius 3 is 2.84 bits per heavy atom. The molecule has 1 fully saturated rings. The molecule has 1 amide bonds. The van der Waals surface area contributed by atoms with Gasteiger partial charge in [0.1, 0.15) is 6.61 Å². The Balaban J connectivity index is 1.61. The number of carbonyl (C=O) groups is 1. The summed E-state index contributed by atoms with van der Waals surface area (Å²) < 4.78 is 13.6. The van der Waals surface area contributed by atoms with E-state index in [1.54, 1.807) is 6.08 Å². The molecule has 0 saturated heterocycles. The first-order valence-corrected chi connectivity index (χ1v) is 12.3. The van der Waals surface area contributed by atoms with Crippen molar-refractivity contribution in [2.45, 2.75) is 70.8 Å². The number of nitrogens with one attached hydrogen (secondary N) is 1. The summed E-state index contributed by atoms with van der Waals surface area (Å²) in [6.07, 6.45) is 6.48. The van der Waals surface area contributed by atoms with E-state index in [4.69, 9.17) is 9.47 Å². The first kappa shape index (κ1) is 24.2. The van der Waals surface area contributed by atoms with E-state index in [0.717, 1.165) is 12.0 Å². The first-order valence-electron chi connectivity index (χ1n) is 11.3. The molecule has 0 bridgehead atoms. The number of nitrogens with zero attached hydrogens (tertiary/aromatic N) is 3. The van der Waals surface area contributed by atoms with Gasteiger partial charge in [0.2, 0.25) is 5.91 Å². The van der Waals surface area contributed by atoms with Crippen molar-refractivity contribution < 1.29 is 14.3 Å². The Hall–Kier alpha value is -2.48. The highest BCUT2D eigenvalue weighted by molar-refractivity contribution is 7.99. The van der Waals surface area contributed by atoms with E-state index >= 15 is 0 Å². The van der Waals surface area contributed by atoms with Crippen LogP contribution in [0.5, 0.6) is 11.5 Å². The third kappa shape index (κ3) is 6.51. The molecule has 0 aliphatic heterocycles. The van der Waals surface area contributed by atoms with E-state index < -0.39 is 0 Å². The van der Waals surface area contributed by atoms with E-state index in [9.17, 15) is 4.79 Å². The van der Waals surface area contributed by atoms with Gasteiger partial charge in [-0.05, 0) is 50.3 Å². The van der Waals surface area contributed by atoms with Crippen molar-refractivity contribution in [2.24, 2.45) is 5.92 Å². The lowest BCUT2D eigenvalue weighted by atomic mass is 9.86. The van der Waals surface area contributed by atoms with Gasteiger partial charge < -0.3 is 14.8 Å². The van der Waals surface area contributed by atoms with Gasteiger partial charge in [0.25, 0.3) is 0 Å². The molecule has 32 heavy (non-hydrogen) atoms. The minimum absolute atomic E-state index is 0.0423. The van der Waals surface area contributed by atoms with Crippen LogP contribution in [0, 0.1) is 12.8 Å². The molecule has 0 spiro atoms. The van der Waals surface area contributed by atoms with Crippen molar-refractivity contribution >= 4 is 17.7 Å². The molecule has 2 aromatic rings. The van der Waals surface area contributed by atoms with Crippen LogP contribution in [0.2, 0.25) is 0 Å². The van der Waals surface area contributed by atoms with Crippen LogP contribution in [-0.4, -0.2) is 39.1 Å². The van der Waals surface area contributed by atoms with Gasteiger partial charge in [-0.2, -0.15) is 0 Å². The van der Waals surface area contributed by atoms with E-state index in [0.29, 0.717) is 47.3 Å². The molecular formula is C24H34N4O3S. The van der Waals surface area contributed by atoms with Gasteiger partial charge in [-0.15, -0.1) is 16.8 Å². The monoisotopic (exact) mass is 458 g/mol. The molecule has 0 radical (unpaired) electrons. The highest BCUT2D eigenvalue weighted by Crippen LogP contribution is 2.29. The second-order valence-electron chi connectivity index (χ2n) is 8.19. The molecule has 8 heteroatoms. The first-order chi connectivity index (χ1) is 15.5. The lowest BCUT2D eigenvalue weighted by molar-refractivity contribution is -0.119. The van der Waals surface area contributed by atoms with Crippen LogP contribution in [0.25, 0.3) is 0 Å². The second-order valence-corrected chi connectivity index (χ2v) is 9.14. The van der Waals surface area contributed by atoms with Gasteiger partial charge in [-0.3, -0.25) is 9.36 Å². The average Bonchev–Trinajstić information content (AvgIpc) is 3.15. The van der Waals surface area contributed by atoms with Crippen LogP contribution in [0.3, 0.4) is 0 Å². The minimum atomic E-state index is 0.0423. The normalized spacial score (nSPS) is 18.2. The standard InChI is InChI=1S/C24H34N4O3S/c1-5-13-28-22(15-31-20-12-11-17(3)14-21(20)30-6-2)26-27-24(28)32-16-23(29)25-19-10-8-7-9-18(19)4/h5,11-12,14,18-19H,1,6-10,13,15-16H2,2-4H3,(H,25,29)/t18-,19+/m1/s1. The fourth-order valence-electron chi connectivity index (χ4n) is 3.90. The van der Waals surface area contributed by atoms with Crippen molar-refractivity contribution in [3.63, 3.8) is 0 Å². The molecule has 1 aliphatic rings. The number of benzene rings is 1. The van der Waals surface area contributed by atoms with Crippen molar-refractivity contribution in [1.29, 1.82) is 0 Å². The Kier molecular flexibility index (Phi) is 9.02. The molecule has 0 unspecified atom stereocenters. The van der Waals surface area contributed by atoms with Crippen LogP contribution >= 0.6 is 11.8 Å². The zero-order chi connectivity index (χ0) is 22.9. The van der Waals surface area contributed by atoms with E-state index in [2.05, 4.69) is 29.0 Å². The molecule has 1 aromatic carbocycles. The number of aromatic nitrogens is 3. The number of carbonyl (C=O) groups excluding carboxylic acids is 1. The number of rotatable bonds is 11. The van der Waals surface area contributed by atoms with Crippen molar-refractivity contribution in [2.75, 3.05) is 12.4 Å². The van der Waals surface area contributed by atoms with Crippen LogP contribution in [0.4, 0.5) is 0 Å². The predicted octanol–water partition coefficient (Wildman–Crippen LogP) is 4.54. The number of ether oxygens (including phenoxy) is 2. The number of aryl methyl sites for hydroxylation is 1. The molecule has 1 N–H and O–H groups in total. The summed E-state index contributed by atoms with van der Waals surface area (Å²) in [6, 6.07) is 6.13. The van der Waals surface area contributed by atoms with Gasteiger partial charge in [-0.25, -0.2) is 0 Å². The number of hydrogen-bond acceptors (Lipinski definition) is 6. The van der Waals surface area contributed by atoms with Crippen LogP contribution in [0.15, 0.2) is 36.0 Å². The second kappa shape index (κ2) is 11.9. The molecule has 3 rings (SSSR count). The van der Waals surface area contributed by atoms with Crippen LogP contribution in [-0.2, 0) is 17.9 Å². The van der Waals surface area contributed by atoms with Gasteiger partial charge in [0, 0.05) is 12.6 Å². The topological polar surface area (TPSA) is 78.3 Å². The number of amides is 1. The smallest absolute Gasteiger partial charge is 0.230 e. The fraction of sp³-hybridized carbons (Fsp3) is 0.542. The average molecular weight is 459 g/mol. The lowest BCUT2D eigenvalue weighted by Crippen LogP contribution is -2.41. The van der Waals surface area contributed by atoms with Crippen molar-refractivity contribution in [3.05, 3.63) is 42.2 Å². The van der Waals surface area contributed by atoms with E-state index in [1.807, 2.05) is 36.6 Å². The summed E-state index contributed by atoms with van der Waals surface area (Å²) in [5.74, 6) is 2.95. The molecule has 1 aromatic heterocycles. The molecule has 7 nitrogen and oxygen atoms in total. The van der Waals surface area contributed by atoms with Gasteiger partial charge >= 0.3 is 0 Å². The van der Waals surface area contributed by atoms with E-state index in [1.165, 1.54) is 31.0 Å². The Morgan fingerprint density at radius 2 is 2.09 bits per heavy atom. The maximum absolute atomic E-state index is 12.5. The molecule has 2 atom stereocenters. The number of thioether (sulfide) groups is 1. The van der Waals surface area contributed by atoms with Crippen LogP contribution in [0.1, 0.15) is 50.9 Å². The summed E-state index contributed by atoms with van der Waals surface area (Å²) in [5.41, 5.74) is 1.11. The zero-order valence-corrected chi connectivity index (χ0v) is 20.1. The molecule has 1 saturated carbocycles. The number of allylic oxidation sites excluding steroid dienone is 1. The van der Waals surface area contributed by atoms with Crippen molar-refractivity contribution in [3.8, 4) is 11.5 Å². The van der Waals surface area contributed by atoms with Gasteiger partial charge in [-0.1, -0.05) is 43.7 Å². The zero-order valence-electron chi connectivity index (χ0n) is 19.3. The third-order valence-corrected chi connectivity index (χ3v) is 6.62. The minimum Gasteiger partial charge on any atom is -0.490 e.